The standard InChI is InChI=1S/C15H18Cl2N2O/c16-11-3-12(17)5-13(4-11)19-9-15(10-19)1-2-18(8-15)14-6-20-7-14/h3-5,14H,1-2,6-10H2. The van der Waals surface area contributed by atoms with E-state index >= 15 is 0 Å². The molecule has 0 bridgehead atoms. The second-order valence-corrected chi connectivity index (χ2v) is 7.27. The Bertz CT molecular complexity index is 506. The van der Waals surface area contributed by atoms with Gasteiger partial charge in [0.05, 0.1) is 19.3 Å². The molecule has 0 aliphatic carbocycles. The quantitative estimate of drug-likeness (QED) is 0.835. The molecule has 3 aliphatic heterocycles. The second-order valence-electron chi connectivity index (χ2n) is 6.40. The van der Waals surface area contributed by atoms with Crippen LogP contribution in [0.3, 0.4) is 0 Å². The Morgan fingerprint density at radius 1 is 1.05 bits per heavy atom. The first kappa shape index (κ1) is 13.2. The molecule has 1 aromatic rings. The van der Waals surface area contributed by atoms with Crippen LogP contribution in [0.1, 0.15) is 6.42 Å². The molecule has 108 valence electrons. The number of ether oxygens (including phenoxy) is 1. The van der Waals surface area contributed by atoms with Crippen LogP contribution in [0, 0.1) is 5.41 Å². The number of benzene rings is 1. The van der Waals surface area contributed by atoms with Gasteiger partial charge in [0.25, 0.3) is 0 Å². The third-order valence-corrected chi connectivity index (χ3v) is 5.31. The topological polar surface area (TPSA) is 15.7 Å². The lowest BCUT2D eigenvalue weighted by Gasteiger charge is -2.50. The summed E-state index contributed by atoms with van der Waals surface area (Å²) in [5, 5.41) is 1.43. The van der Waals surface area contributed by atoms with Crippen molar-refractivity contribution in [2.75, 3.05) is 44.3 Å². The van der Waals surface area contributed by atoms with Gasteiger partial charge in [-0.1, -0.05) is 23.2 Å². The molecule has 0 atom stereocenters. The van der Waals surface area contributed by atoms with E-state index in [0.717, 1.165) is 32.0 Å². The van der Waals surface area contributed by atoms with Crippen molar-refractivity contribution in [3.63, 3.8) is 0 Å². The molecule has 1 spiro atoms. The third kappa shape index (κ3) is 2.21. The van der Waals surface area contributed by atoms with Crippen molar-refractivity contribution in [2.24, 2.45) is 5.41 Å². The minimum Gasteiger partial charge on any atom is -0.378 e. The van der Waals surface area contributed by atoms with E-state index < -0.39 is 0 Å². The Kier molecular flexibility index (Phi) is 3.15. The summed E-state index contributed by atoms with van der Waals surface area (Å²) in [6.07, 6.45) is 1.30. The van der Waals surface area contributed by atoms with Crippen LogP contribution in [0.25, 0.3) is 0 Å². The van der Waals surface area contributed by atoms with Gasteiger partial charge in [-0.3, -0.25) is 4.90 Å². The summed E-state index contributed by atoms with van der Waals surface area (Å²) < 4.78 is 5.30. The van der Waals surface area contributed by atoms with E-state index in [-0.39, 0.29) is 0 Å². The van der Waals surface area contributed by atoms with Gasteiger partial charge in [-0.05, 0) is 31.2 Å². The SMILES string of the molecule is Clc1cc(Cl)cc(N2CC3(CCN(C4COC4)C3)C2)c1. The number of anilines is 1. The number of likely N-dealkylation sites (tertiary alicyclic amines) is 1. The van der Waals surface area contributed by atoms with Crippen molar-refractivity contribution in [1.82, 2.24) is 4.90 Å². The van der Waals surface area contributed by atoms with Crippen LogP contribution in [0.2, 0.25) is 10.0 Å². The Balaban J connectivity index is 1.41. The summed E-state index contributed by atoms with van der Waals surface area (Å²) in [6, 6.07) is 6.47. The molecule has 0 saturated carbocycles. The average molecular weight is 313 g/mol. The smallest absolute Gasteiger partial charge is 0.0645 e. The average Bonchev–Trinajstić information content (AvgIpc) is 2.68. The largest absolute Gasteiger partial charge is 0.378 e. The Morgan fingerprint density at radius 3 is 2.35 bits per heavy atom. The van der Waals surface area contributed by atoms with E-state index in [9.17, 15) is 0 Å². The molecule has 3 aliphatic rings. The lowest BCUT2D eigenvalue weighted by atomic mass is 9.78. The van der Waals surface area contributed by atoms with Crippen LogP contribution >= 0.6 is 23.2 Å². The van der Waals surface area contributed by atoms with E-state index in [0.29, 0.717) is 21.5 Å². The third-order valence-electron chi connectivity index (χ3n) is 4.87. The van der Waals surface area contributed by atoms with Gasteiger partial charge in [0.1, 0.15) is 0 Å². The van der Waals surface area contributed by atoms with Crippen molar-refractivity contribution in [1.29, 1.82) is 0 Å². The zero-order chi connectivity index (χ0) is 13.7. The first-order valence-electron chi connectivity index (χ1n) is 7.16. The molecular weight excluding hydrogens is 295 g/mol. The maximum absolute atomic E-state index is 6.08. The summed E-state index contributed by atoms with van der Waals surface area (Å²) in [4.78, 5) is 4.99. The van der Waals surface area contributed by atoms with Crippen LogP contribution in [0.15, 0.2) is 18.2 Å². The van der Waals surface area contributed by atoms with Crippen LogP contribution in [0.5, 0.6) is 0 Å². The lowest BCUT2D eigenvalue weighted by molar-refractivity contribution is -0.0609. The molecule has 0 aromatic heterocycles. The number of halogens is 2. The monoisotopic (exact) mass is 312 g/mol. The van der Waals surface area contributed by atoms with E-state index in [1.54, 1.807) is 6.07 Å². The fourth-order valence-electron chi connectivity index (χ4n) is 3.64. The number of hydrogen-bond donors (Lipinski definition) is 0. The minimum atomic E-state index is 0.477. The molecule has 3 fully saturated rings. The highest BCUT2D eigenvalue weighted by atomic mass is 35.5. The normalized spacial score (nSPS) is 25.8. The zero-order valence-electron chi connectivity index (χ0n) is 11.3. The molecule has 0 amide bonds. The predicted molar refractivity (Wildman–Crippen MR) is 81.9 cm³/mol. The second kappa shape index (κ2) is 4.77. The van der Waals surface area contributed by atoms with Crippen LogP contribution in [-0.4, -0.2) is 50.3 Å². The number of rotatable bonds is 2. The van der Waals surface area contributed by atoms with E-state index in [1.165, 1.54) is 19.5 Å². The van der Waals surface area contributed by atoms with Gasteiger partial charge in [0, 0.05) is 40.8 Å². The van der Waals surface area contributed by atoms with E-state index in [4.69, 9.17) is 27.9 Å². The molecule has 20 heavy (non-hydrogen) atoms. The molecule has 3 nitrogen and oxygen atoms in total. The molecule has 0 radical (unpaired) electrons. The van der Waals surface area contributed by atoms with Crippen molar-refractivity contribution in [2.45, 2.75) is 12.5 Å². The van der Waals surface area contributed by atoms with Gasteiger partial charge >= 0.3 is 0 Å². The first-order valence-corrected chi connectivity index (χ1v) is 7.92. The molecular formula is C15H18Cl2N2O. The first-order chi connectivity index (χ1) is 9.63. The fraction of sp³-hybridized carbons (Fsp3) is 0.600. The van der Waals surface area contributed by atoms with Crippen LogP contribution in [0.4, 0.5) is 5.69 Å². The lowest BCUT2D eigenvalue weighted by Crippen LogP contribution is -2.59. The Hall–Kier alpha value is -0.480. The maximum Gasteiger partial charge on any atom is 0.0645 e. The number of nitrogens with zero attached hydrogens (tertiary/aromatic N) is 2. The molecule has 4 rings (SSSR count). The van der Waals surface area contributed by atoms with E-state index in [2.05, 4.69) is 9.80 Å². The molecule has 5 heteroatoms. The van der Waals surface area contributed by atoms with Gasteiger partial charge in [-0.15, -0.1) is 0 Å². The maximum atomic E-state index is 6.08. The van der Waals surface area contributed by atoms with Crippen molar-refractivity contribution < 1.29 is 4.74 Å². The predicted octanol–water partition coefficient (Wildman–Crippen LogP) is 2.90. The van der Waals surface area contributed by atoms with Gasteiger partial charge in [-0.2, -0.15) is 0 Å². The van der Waals surface area contributed by atoms with Crippen molar-refractivity contribution in [3.8, 4) is 0 Å². The summed E-state index contributed by atoms with van der Waals surface area (Å²) in [5.74, 6) is 0. The molecule has 1 aromatic carbocycles. The Morgan fingerprint density at radius 2 is 1.75 bits per heavy atom. The van der Waals surface area contributed by atoms with Gasteiger partial charge in [-0.25, -0.2) is 0 Å². The highest BCUT2D eigenvalue weighted by molar-refractivity contribution is 6.35. The van der Waals surface area contributed by atoms with Crippen molar-refractivity contribution in [3.05, 3.63) is 28.2 Å². The number of hydrogen-bond acceptors (Lipinski definition) is 3. The molecule has 3 heterocycles. The zero-order valence-corrected chi connectivity index (χ0v) is 12.8. The molecule has 0 N–H and O–H groups in total. The Labute approximate surface area is 129 Å². The molecule has 3 saturated heterocycles. The van der Waals surface area contributed by atoms with Gasteiger partial charge in [0.2, 0.25) is 0 Å². The highest BCUT2D eigenvalue weighted by Crippen LogP contribution is 2.43. The van der Waals surface area contributed by atoms with Crippen LogP contribution < -0.4 is 4.90 Å². The minimum absolute atomic E-state index is 0.477. The summed E-state index contributed by atoms with van der Waals surface area (Å²) in [6.45, 7) is 6.51. The van der Waals surface area contributed by atoms with Crippen LogP contribution in [-0.2, 0) is 4.74 Å². The molecule has 0 unspecified atom stereocenters. The summed E-state index contributed by atoms with van der Waals surface area (Å²) in [5.41, 5.74) is 1.63. The van der Waals surface area contributed by atoms with Gasteiger partial charge in [0.15, 0.2) is 0 Å². The fourth-order valence-corrected chi connectivity index (χ4v) is 4.16. The summed E-state index contributed by atoms with van der Waals surface area (Å²) in [7, 11) is 0. The summed E-state index contributed by atoms with van der Waals surface area (Å²) >= 11 is 12.2. The van der Waals surface area contributed by atoms with Gasteiger partial charge < -0.3 is 9.64 Å². The van der Waals surface area contributed by atoms with Crippen molar-refractivity contribution >= 4 is 28.9 Å². The van der Waals surface area contributed by atoms with E-state index in [1.807, 2.05) is 12.1 Å². The highest BCUT2D eigenvalue weighted by Gasteiger charge is 2.49.